The number of quaternary nitrogens is 1. The Morgan fingerprint density at radius 1 is 0.600 bits per heavy atom. The largest absolute Gasteiger partial charge is 0.319 e. The summed E-state index contributed by atoms with van der Waals surface area (Å²) >= 11 is 0. The molecule has 4 atom stereocenters. The van der Waals surface area contributed by atoms with Gasteiger partial charge in [-0.2, -0.15) is 0 Å². The highest BCUT2D eigenvalue weighted by Gasteiger charge is 2.46. The first-order chi connectivity index (χ1) is 9.71. The highest BCUT2D eigenvalue weighted by molar-refractivity contribution is 4.80. The predicted octanol–water partition coefficient (Wildman–Crippen LogP) is 5.14. The molecule has 0 aromatic rings. The minimum absolute atomic E-state index is 0.992. The van der Waals surface area contributed by atoms with E-state index in [0.29, 0.717) is 0 Å². The fourth-order valence-electron chi connectivity index (χ4n) is 5.87. The van der Waals surface area contributed by atoms with E-state index in [2.05, 4.69) is 13.8 Å². The average Bonchev–Trinajstić information content (AvgIpc) is 2.48. The summed E-state index contributed by atoms with van der Waals surface area (Å²) in [7, 11) is 0. The summed E-state index contributed by atoms with van der Waals surface area (Å²) in [6.45, 7) is 8.07. The summed E-state index contributed by atoms with van der Waals surface area (Å²) < 4.78 is 1.56. The lowest BCUT2D eigenvalue weighted by Gasteiger charge is -2.55. The number of piperidine rings is 1. The van der Waals surface area contributed by atoms with Crippen molar-refractivity contribution in [1.82, 2.24) is 0 Å². The first kappa shape index (κ1) is 14.9. The summed E-state index contributed by atoms with van der Waals surface area (Å²) in [6, 6.07) is 2.05. The summed E-state index contributed by atoms with van der Waals surface area (Å²) in [5.41, 5.74) is 0. The summed E-state index contributed by atoms with van der Waals surface area (Å²) in [4.78, 5) is 0. The first-order valence-electron chi connectivity index (χ1n) is 9.57. The van der Waals surface area contributed by atoms with Gasteiger partial charge in [0.25, 0.3) is 0 Å². The Balaban J connectivity index is 1.79. The highest BCUT2D eigenvalue weighted by Crippen LogP contribution is 2.41. The molecule has 1 heterocycles. The molecule has 0 aromatic carbocycles. The van der Waals surface area contributed by atoms with Crippen molar-refractivity contribution in [2.24, 2.45) is 11.8 Å². The molecular weight excluding hydrogens is 242 g/mol. The van der Waals surface area contributed by atoms with Gasteiger partial charge in [0.1, 0.15) is 0 Å². The van der Waals surface area contributed by atoms with Gasteiger partial charge in [0.15, 0.2) is 0 Å². The second-order valence-electron chi connectivity index (χ2n) is 8.46. The van der Waals surface area contributed by atoms with Gasteiger partial charge in [-0.15, -0.1) is 0 Å². The molecule has 2 aliphatic carbocycles. The van der Waals surface area contributed by atoms with Crippen LogP contribution in [0.3, 0.4) is 0 Å². The standard InChI is InChI=1S/C19H36N/c1-16-8-6-10-18(14-16)20(12-4-3-5-13-20)19-11-7-9-17(2)15-19/h16-19H,3-15H2,1-2H3/q+1. The predicted molar refractivity (Wildman–Crippen MR) is 86.7 cm³/mol. The monoisotopic (exact) mass is 278 g/mol. The molecule has 1 aliphatic heterocycles. The maximum Gasteiger partial charge on any atom is 0.0894 e. The zero-order chi connectivity index (χ0) is 14.0. The van der Waals surface area contributed by atoms with E-state index >= 15 is 0 Å². The second-order valence-corrected chi connectivity index (χ2v) is 8.46. The van der Waals surface area contributed by atoms with Crippen molar-refractivity contribution in [1.29, 1.82) is 0 Å². The Labute approximate surface area is 126 Å². The third kappa shape index (κ3) is 2.93. The number of nitrogens with zero attached hydrogens (tertiary/aromatic N) is 1. The topological polar surface area (TPSA) is 0 Å². The Morgan fingerprint density at radius 3 is 1.55 bits per heavy atom. The van der Waals surface area contributed by atoms with E-state index in [4.69, 9.17) is 0 Å². The Bertz CT molecular complexity index is 281. The molecular formula is C19H36N+. The molecule has 1 nitrogen and oxygen atoms in total. The van der Waals surface area contributed by atoms with Crippen LogP contribution in [-0.4, -0.2) is 29.7 Å². The minimum Gasteiger partial charge on any atom is -0.319 e. The molecule has 4 unspecified atom stereocenters. The maximum atomic E-state index is 2.51. The molecule has 1 heteroatoms. The van der Waals surface area contributed by atoms with Gasteiger partial charge >= 0.3 is 0 Å². The van der Waals surface area contributed by atoms with Crippen molar-refractivity contribution in [2.45, 2.75) is 96.6 Å². The number of likely N-dealkylation sites (tertiary alicyclic amines) is 1. The Kier molecular flexibility index (Phi) is 4.75. The lowest BCUT2D eigenvalue weighted by Crippen LogP contribution is -2.65. The highest BCUT2D eigenvalue weighted by atomic mass is 15.4. The molecule has 116 valence electrons. The van der Waals surface area contributed by atoms with Gasteiger partial charge in [-0.3, -0.25) is 0 Å². The van der Waals surface area contributed by atoms with Gasteiger partial charge < -0.3 is 4.48 Å². The maximum absolute atomic E-state index is 2.51. The second kappa shape index (κ2) is 6.38. The van der Waals surface area contributed by atoms with Gasteiger partial charge in [0.2, 0.25) is 0 Å². The lowest BCUT2D eigenvalue weighted by molar-refractivity contribution is -0.980. The molecule has 3 rings (SSSR count). The van der Waals surface area contributed by atoms with Crippen LogP contribution in [0.5, 0.6) is 0 Å². The van der Waals surface area contributed by atoms with Crippen LogP contribution >= 0.6 is 0 Å². The number of hydrogen-bond donors (Lipinski definition) is 0. The number of hydrogen-bond acceptors (Lipinski definition) is 0. The quantitative estimate of drug-likeness (QED) is 0.613. The molecule has 0 N–H and O–H groups in total. The third-order valence-corrected chi connectivity index (χ3v) is 6.92. The van der Waals surface area contributed by atoms with Crippen molar-refractivity contribution in [2.75, 3.05) is 13.1 Å². The summed E-state index contributed by atoms with van der Waals surface area (Å²) in [5, 5.41) is 0. The Morgan fingerprint density at radius 2 is 1.10 bits per heavy atom. The van der Waals surface area contributed by atoms with Crippen molar-refractivity contribution in [3.8, 4) is 0 Å². The molecule has 0 aromatic heterocycles. The fourth-order valence-corrected chi connectivity index (χ4v) is 5.87. The molecule has 20 heavy (non-hydrogen) atoms. The van der Waals surface area contributed by atoms with Crippen LogP contribution in [0.1, 0.15) is 84.5 Å². The van der Waals surface area contributed by atoms with E-state index in [1.807, 2.05) is 0 Å². The fraction of sp³-hybridized carbons (Fsp3) is 1.00. The zero-order valence-corrected chi connectivity index (χ0v) is 13.9. The van der Waals surface area contributed by atoms with Gasteiger partial charge in [-0.1, -0.05) is 26.7 Å². The zero-order valence-electron chi connectivity index (χ0n) is 13.9. The molecule has 0 radical (unpaired) electrons. The summed E-state index contributed by atoms with van der Waals surface area (Å²) in [5.74, 6) is 1.98. The summed E-state index contributed by atoms with van der Waals surface area (Å²) in [6.07, 6.45) is 16.7. The molecule has 0 spiro atoms. The van der Waals surface area contributed by atoms with Crippen LogP contribution in [-0.2, 0) is 0 Å². The number of rotatable bonds is 2. The molecule has 3 aliphatic rings. The SMILES string of the molecule is CC1CCCC([N+]2(C3CCCC(C)C3)CCCCC2)C1. The van der Waals surface area contributed by atoms with Crippen molar-refractivity contribution < 1.29 is 4.48 Å². The van der Waals surface area contributed by atoms with Gasteiger partial charge in [-0.05, 0) is 56.8 Å². The van der Waals surface area contributed by atoms with E-state index in [-0.39, 0.29) is 0 Å². The molecule has 0 bridgehead atoms. The molecule has 2 saturated carbocycles. The van der Waals surface area contributed by atoms with Crippen LogP contribution in [0, 0.1) is 11.8 Å². The lowest BCUT2D eigenvalue weighted by atomic mass is 9.78. The molecule has 0 amide bonds. The average molecular weight is 279 g/mol. The van der Waals surface area contributed by atoms with Crippen LogP contribution in [0.4, 0.5) is 0 Å². The van der Waals surface area contributed by atoms with Gasteiger partial charge in [0, 0.05) is 12.8 Å². The van der Waals surface area contributed by atoms with Crippen molar-refractivity contribution in [3.05, 3.63) is 0 Å². The van der Waals surface area contributed by atoms with Crippen LogP contribution in [0.25, 0.3) is 0 Å². The Hall–Kier alpha value is -0.0400. The van der Waals surface area contributed by atoms with E-state index < -0.39 is 0 Å². The van der Waals surface area contributed by atoms with Crippen LogP contribution in [0.15, 0.2) is 0 Å². The molecule has 3 fully saturated rings. The smallest absolute Gasteiger partial charge is 0.0894 e. The van der Waals surface area contributed by atoms with E-state index in [1.54, 1.807) is 4.48 Å². The van der Waals surface area contributed by atoms with Crippen LogP contribution < -0.4 is 0 Å². The van der Waals surface area contributed by atoms with Gasteiger partial charge in [0.05, 0.1) is 25.2 Å². The van der Waals surface area contributed by atoms with E-state index in [1.165, 1.54) is 83.7 Å². The minimum atomic E-state index is 0.992. The van der Waals surface area contributed by atoms with Crippen molar-refractivity contribution >= 4 is 0 Å². The molecule has 1 saturated heterocycles. The van der Waals surface area contributed by atoms with E-state index in [0.717, 1.165) is 23.9 Å². The van der Waals surface area contributed by atoms with Crippen LogP contribution in [0.2, 0.25) is 0 Å². The van der Waals surface area contributed by atoms with Gasteiger partial charge in [-0.25, -0.2) is 0 Å². The van der Waals surface area contributed by atoms with Crippen molar-refractivity contribution in [3.63, 3.8) is 0 Å². The third-order valence-electron chi connectivity index (χ3n) is 6.92. The normalized spacial score (nSPS) is 42.3. The first-order valence-corrected chi connectivity index (χ1v) is 9.57. The van der Waals surface area contributed by atoms with E-state index in [9.17, 15) is 0 Å².